The number of thiazole rings is 1. The van der Waals surface area contributed by atoms with Gasteiger partial charge in [0.1, 0.15) is 22.8 Å². The SMILES string of the molecule is CC1=NC2=CN(C(=O)O)NN2C(SCC2=C(C(=O)O)N3C(=O)[C@@H](NC(=O)/C(=N\OCS(=O)(=O)c4ccc(O)c(O)c4)c4csc(N)n4)[C@H]3SC2)=C1. The maximum absolute atomic E-state index is 13.4. The Kier molecular flexibility index (Phi) is 9.60. The van der Waals surface area contributed by atoms with E-state index in [4.69, 9.17) is 10.6 Å². The fourth-order valence-corrected chi connectivity index (χ4v) is 8.95. The molecular formula is C27H25N9O11S4. The van der Waals surface area contributed by atoms with E-state index in [0.717, 1.165) is 39.4 Å². The van der Waals surface area contributed by atoms with Crippen LogP contribution in [0.15, 0.2) is 73.0 Å². The number of carboxylic acids is 1. The molecule has 51 heavy (non-hydrogen) atoms. The first kappa shape index (κ1) is 35.5. The molecule has 8 N–H and O–H groups in total. The van der Waals surface area contributed by atoms with Gasteiger partial charge in [-0.05, 0) is 30.7 Å². The summed E-state index contributed by atoms with van der Waals surface area (Å²) in [6.07, 6.45) is 1.71. The van der Waals surface area contributed by atoms with Crippen LogP contribution in [-0.4, -0.2) is 113 Å². The van der Waals surface area contributed by atoms with E-state index in [9.17, 15) is 48.0 Å². The summed E-state index contributed by atoms with van der Waals surface area (Å²) in [4.78, 5) is 64.6. The summed E-state index contributed by atoms with van der Waals surface area (Å²) in [5.74, 6) is -4.77. The predicted molar refractivity (Wildman–Crippen MR) is 182 cm³/mol. The number of anilines is 1. The third-order valence-corrected chi connectivity index (χ3v) is 11.8. The van der Waals surface area contributed by atoms with Gasteiger partial charge in [0.05, 0.1) is 16.1 Å². The summed E-state index contributed by atoms with van der Waals surface area (Å²) in [5.41, 5.74) is 8.50. The van der Waals surface area contributed by atoms with E-state index in [2.05, 4.69) is 26.0 Å². The molecule has 0 saturated carbocycles. The average Bonchev–Trinajstić information content (AvgIpc) is 3.71. The van der Waals surface area contributed by atoms with Crippen LogP contribution < -0.4 is 16.6 Å². The second kappa shape index (κ2) is 13.8. The largest absolute Gasteiger partial charge is 0.504 e. The van der Waals surface area contributed by atoms with Crippen molar-refractivity contribution in [2.45, 2.75) is 23.2 Å². The molecule has 3 amide bonds. The molecule has 0 aliphatic carbocycles. The van der Waals surface area contributed by atoms with Crippen LogP contribution in [0.25, 0.3) is 0 Å². The molecule has 0 spiro atoms. The number of carbonyl (C=O) groups is 4. The van der Waals surface area contributed by atoms with Gasteiger partial charge in [0.2, 0.25) is 15.8 Å². The molecule has 1 saturated heterocycles. The van der Waals surface area contributed by atoms with E-state index < -0.39 is 73.2 Å². The molecule has 4 aliphatic rings. The molecule has 6 rings (SSSR count). The minimum Gasteiger partial charge on any atom is -0.504 e. The highest BCUT2D eigenvalue weighted by Gasteiger charge is 2.54. The second-order valence-electron chi connectivity index (χ2n) is 10.7. The van der Waals surface area contributed by atoms with Gasteiger partial charge < -0.3 is 36.3 Å². The normalized spacial score (nSPS) is 20.2. The zero-order valence-electron chi connectivity index (χ0n) is 25.8. The highest BCUT2D eigenvalue weighted by atomic mass is 32.2. The highest BCUT2D eigenvalue weighted by Crippen LogP contribution is 2.42. The molecule has 20 nitrogen and oxygen atoms in total. The number of carboxylic acid groups (broad SMARTS) is 2. The van der Waals surface area contributed by atoms with Gasteiger partial charge in [-0.25, -0.2) is 33.0 Å². The van der Waals surface area contributed by atoms with Gasteiger partial charge in [0.25, 0.3) is 11.8 Å². The third kappa shape index (κ3) is 7.03. The zero-order chi connectivity index (χ0) is 36.8. The van der Waals surface area contributed by atoms with Gasteiger partial charge >= 0.3 is 12.1 Å². The fraction of sp³-hybridized carbons (Fsp3) is 0.222. The van der Waals surface area contributed by atoms with E-state index in [0.29, 0.717) is 22.1 Å². The standard InChI is InChI=1S/C27H25N9O11S4/c1-11-4-18(36-17(29-11)6-34(33-36)27(43)44)48-7-12-8-49-24-20(23(40)35(24)21(12)25(41)42)31-22(39)19(14-9-50-26(28)30-14)32-47-10-51(45,46)13-2-3-15(37)16(38)5-13/h2-6,9,20,24,33,37-38H,7-8,10H2,1H3,(H2,28,30)(H,31,39)(H,41,42)(H,43,44)/b32-19-/t20-,24-/m1/s1. The van der Waals surface area contributed by atoms with Crippen LogP contribution in [0.4, 0.5) is 9.93 Å². The van der Waals surface area contributed by atoms with Crippen LogP contribution in [0.3, 0.4) is 0 Å². The summed E-state index contributed by atoms with van der Waals surface area (Å²) in [7, 11) is -4.23. The molecule has 268 valence electrons. The monoisotopic (exact) mass is 779 g/mol. The van der Waals surface area contributed by atoms with Crippen molar-refractivity contribution < 1.29 is 52.9 Å². The van der Waals surface area contributed by atoms with Gasteiger partial charge in [0, 0.05) is 28.7 Å². The number of hydrogen-bond donors (Lipinski definition) is 7. The molecule has 5 heterocycles. The van der Waals surface area contributed by atoms with E-state index in [1.807, 2.05) is 0 Å². The number of benzene rings is 1. The number of oxime groups is 1. The van der Waals surface area contributed by atoms with Crippen LogP contribution in [0.1, 0.15) is 12.6 Å². The number of aromatic hydroxyl groups is 2. The minimum atomic E-state index is -4.23. The number of aromatic nitrogens is 1. The molecule has 24 heteroatoms. The number of sulfone groups is 1. The Morgan fingerprint density at radius 2 is 2.00 bits per heavy atom. The number of allylic oxidation sites excluding steroid dienone is 1. The molecule has 0 bridgehead atoms. The van der Waals surface area contributed by atoms with E-state index >= 15 is 0 Å². The number of phenols is 2. The number of thioether (sulfide) groups is 2. The molecule has 2 aromatic rings. The van der Waals surface area contributed by atoms with Crippen LogP contribution >= 0.6 is 34.9 Å². The minimum absolute atomic E-state index is 0.0477. The van der Waals surface area contributed by atoms with E-state index in [-0.39, 0.29) is 28.0 Å². The molecule has 0 unspecified atom stereocenters. The van der Waals surface area contributed by atoms with Gasteiger partial charge in [-0.1, -0.05) is 5.16 Å². The Labute approximate surface area is 299 Å². The number of amides is 3. The number of nitrogens with zero attached hydrogens (tertiary/aromatic N) is 6. The van der Waals surface area contributed by atoms with Crippen molar-refractivity contribution in [2.24, 2.45) is 10.1 Å². The number of β-lactam (4-membered cyclic amide) rings is 1. The van der Waals surface area contributed by atoms with Crippen LogP contribution in [0, 0.1) is 0 Å². The molecule has 1 aromatic carbocycles. The van der Waals surface area contributed by atoms with Crippen LogP contribution in [0.2, 0.25) is 0 Å². The molecule has 1 fully saturated rings. The van der Waals surface area contributed by atoms with Gasteiger partial charge in [-0.15, -0.1) is 40.4 Å². The van der Waals surface area contributed by atoms with Crippen molar-refractivity contribution in [3.63, 3.8) is 0 Å². The lowest BCUT2D eigenvalue weighted by Crippen LogP contribution is -2.71. The van der Waals surface area contributed by atoms with Crippen LogP contribution in [-0.2, 0) is 29.1 Å². The van der Waals surface area contributed by atoms with Gasteiger partial charge in [0.15, 0.2) is 28.2 Å². The molecular weight excluding hydrogens is 755 g/mol. The van der Waals surface area contributed by atoms with E-state index in [1.54, 1.807) is 13.0 Å². The number of nitrogen functional groups attached to an aromatic ring is 1. The summed E-state index contributed by atoms with van der Waals surface area (Å²) < 4.78 is 25.4. The summed E-state index contributed by atoms with van der Waals surface area (Å²) in [6.45, 7) is 1.72. The molecule has 4 aliphatic heterocycles. The second-order valence-corrected chi connectivity index (χ2v) is 15.7. The first-order valence-corrected chi connectivity index (χ1v) is 18.8. The number of phenolic OH excluding ortho intramolecular Hbond substituents is 2. The number of aliphatic imine (C=N–C) groups is 1. The Morgan fingerprint density at radius 1 is 1.24 bits per heavy atom. The number of aliphatic carboxylic acids is 1. The molecule has 2 atom stereocenters. The molecule has 1 aromatic heterocycles. The average molecular weight is 780 g/mol. The van der Waals surface area contributed by atoms with Gasteiger partial charge in [-0.3, -0.25) is 14.5 Å². The number of nitrogens with two attached hydrogens (primary N) is 1. The lowest BCUT2D eigenvalue weighted by molar-refractivity contribution is -0.150. The smallest absolute Gasteiger partial charge is 0.427 e. The quantitative estimate of drug-likeness (QED) is 0.0711. The third-order valence-electron chi connectivity index (χ3n) is 7.31. The summed E-state index contributed by atoms with van der Waals surface area (Å²) in [5, 5.41) is 48.2. The predicted octanol–water partition coefficient (Wildman–Crippen LogP) is 0.590. The fourth-order valence-electron chi connectivity index (χ4n) is 4.95. The summed E-state index contributed by atoms with van der Waals surface area (Å²) >= 11 is 3.35. The molecule has 0 radical (unpaired) electrons. The first-order valence-electron chi connectivity index (χ1n) is 14.2. The van der Waals surface area contributed by atoms with Crippen molar-refractivity contribution in [1.82, 2.24) is 30.8 Å². The zero-order valence-corrected chi connectivity index (χ0v) is 29.0. The number of carbonyl (C=O) groups excluding carboxylic acids is 2. The number of hydrazine groups is 2. The Morgan fingerprint density at radius 3 is 2.67 bits per heavy atom. The van der Waals surface area contributed by atoms with Crippen molar-refractivity contribution in [3.8, 4) is 11.5 Å². The Bertz CT molecular complexity index is 2130. The van der Waals surface area contributed by atoms with Crippen molar-refractivity contribution >= 4 is 85.1 Å². The van der Waals surface area contributed by atoms with Gasteiger partial charge in [-0.2, -0.15) is 5.01 Å². The first-order chi connectivity index (χ1) is 24.1. The van der Waals surface area contributed by atoms with Crippen molar-refractivity contribution in [2.75, 3.05) is 23.2 Å². The lowest BCUT2D eigenvalue weighted by atomic mass is 10.0. The topological polar surface area (TPSA) is 290 Å². The van der Waals surface area contributed by atoms with Crippen molar-refractivity contribution in [3.05, 3.63) is 63.7 Å². The van der Waals surface area contributed by atoms with Crippen LogP contribution in [0.5, 0.6) is 11.5 Å². The van der Waals surface area contributed by atoms with E-state index in [1.165, 1.54) is 40.1 Å². The van der Waals surface area contributed by atoms with Crippen molar-refractivity contribution in [1.29, 1.82) is 0 Å². The number of rotatable bonds is 11. The number of nitrogens with one attached hydrogen (secondary N) is 2. The number of hydrogen-bond acceptors (Lipinski definition) is 18. The maximum atomic E-state index is 13.4. The Hall–Kier alpha value is -5.30. The highest BCUT2D eigenvalue weighted by molar-refractivity contribution is 8.03. The maximum Gasteiger partial charge on any atom is 0.427 e. The summed E-state index contributed by atoms with van der Waals surface area (Å²) in [6, 6.07) is 1.61. The lowest BCUT2D eigenvalue weighted by Gasteiger charge is -2.49. The number of fused-ring (bicyclic) bond motifs is 2. The Balaban J connectivity index is 1.15.